The van der Waals surface area contributed by atoms with E-state index in [4.69, 9.17) is 0 Å². The van der Waals surface area contributed by atoms with Crippen molar-refractivity contribution in [3.8, 4) is 0 Å². The zero-order valence-corrected chi connectivity index (χ0v) is 11.0. The number of nitrogens with zero attached hydrogens (tertiary/aromatic N) is 2. The second-order valence-electron chi connectivity index (χ2n) is 4.37. The third kappa shape index (κ3) is 3.19. The number of carbonyl (C=O) groups excluding carboxylic acids is 2. The summed E-state index contributed by atoms with van der Waals surface area (Å²) in [6.45, 7) is 5.18. The Morgan fingerprint density at radius 1 is 1.40 bits per heavy atom. The summed E-state index contributed by atoms with van der Waals surface area (Å²) in [5.41, 5.74) is 0. The third-order valence-electron chi connectivity index (χ3n) is 2.47. The van der Waals surface area contributed by atoms with Gasteiger partial charge in [0.15, 0.2) is 0 Å². The summed E-state index contributed by atoms with van der Waals surface area (Å²) in [7, 11) is 1.77. The van der Waals surface area contributed by atoms with Gasteiger partial charge in [-0.2, -0.15) is 0 Å². The van der Waals surface area contributed by atoms with Gasteiger partial charge in [0.05, 0.1) is 10.9 Å². The van der Waals surface area contributed by atoms with Crippen LogP contribution in [0, 0.1) is 0 Å². The van der Waals surface area contributed by atoms with E-state index in [9.17, 15) is 9.59 Å². The molecule has 0 saturated carbocycles. The van der Waals surface area contributed by atoms with Crippen LogP contribution in [-0.4, -0.2) is 52.6 Å². The Morgan fingerprint density at radius 3 is 2.53 bits per heavy atom. The molecular formula is C10H17BrN2O2. The van der Waals surface area contributed by atoms with Crippen molar-refractivity contribution in [1.29, 1.82) is 0 Å². The predicted octanol–water partition coefficient (Wildman–Crippen LogP) is 0.851. The van der Waals surface area contributed by atoms with Crippen molar-refractivity contribution in [2.45, 2.75) is 24.6 Å². The fraction of sp³-hybridized carbons (Fsp3) is 0.800. The lowest BCUT2D eigenvalue weighted by Gasteiger charge is -2.26. The van der Waals surface area contributed by atoms with Crippen LogP contribution in [0.15, 0.2) is 0 Å². The number of amides is 2. The number of rotatable bonds is 1. The minimum atomic E-state index is -0.587. The topological polar surface area (TPSA) is 40.6 Å². The van der Waals surface area contributed by atoms with Crippen LogP contribution in [0.25, 0.3) is 0 Å². The van der Waals surface area contributed by atoms with E-state index in [-0.39, 0.29) is 18.4 Å². The highest BCUT2D eigenvalue weighted by Crippen LogP contribution is 2.20. The maximum Gasteiger partial charge on any atom is 0.241 e. The maximum atomic E-state index is 11.9. The quantitative estimate of drug-likeness (QED) is 0.667. The summed E-state index contributed by atoms with van der Waals surface area (Å²) >= 11 is 3.32. The van der Waals surface area contributed by atoms with E-state index >= 15 is 0 Å². The first kappa shape index (κ1) is 12.5. The van der Waals surface area contributed by atoms with Gasteiger partial charge >= 0.3 is 0 Å². The Labute approximate surface area is 98.7 Å². The zero-order valence-electron chi connectivity index (χ0n) is 9.42. The van der Waals surface area contributed by atoms with Gasteiger partial charge in [0.1, 0.15) is 0 Å². The number of likely N-dealkylation sites (N-methyl/N-ethyl adjacent to an activating group) is 1. The molecular weight excluding hydrogens is 260 g/mol. The Bertz CT molecular complexity index is 273. The van der Waals surface area contributed by atoms with Gasteiger partial charge in [-0.1, -0.05) is 15.9 Å². The number of hydrogen-bond donors (Lipinski definition) is 0. The second kappa shape index (κ2) is 4.51. The molecule has 0 aromatic rings. The van der Waals surface area contributed by atoms with E-state index in [2.05, 4.69) is 15.9 Å². The van der Waals surface area contributed by atoms with Crippen LogP contribution < -0.4 is 0 Å². The number of hydrogen-bond acceptors (Lipinski definition) is 2. The first-order valence-electron chi connectivity index (χ1n) is 5.04. The molecule has 1 aliphatic rings. The van der Waals surface area contributed by atoms with Gasteiger partial charge in [0.2, 0.25) is 11.8 Å². The van der Waals surface area contributed by atoms with Crippen molar-refractivity contribution >= 4 is 27.7 Å². The molecule has 1 rings (SSSR count). The summed E-state index contributed by atoms with van der Waals surface area (Å²) in [6.07, 6.45) is 0.844. The lowest BCUT2D eigenvalue weighted by Crippen LogP contribution is -2.44. The highest BCUT2D eigenvalue weighted by atomic mass is 79.9. The fourth-order valence-electron chi connectivity index (χ4n) is 1.54. The monoisotopic (exact) mass is 276 g/mol. The number of alkyl halides is 1. The molecule has 1 heterocycles. The van der Waals surface area contributed by atoms with E-state index < -0.39 is 4.32 Å². The van der Waals surface area contributed by atoms with Gasteiger partial charge in [-0.05, 0) is 20.3 Å². The van der Waals surface area contributed by atoms with Gasteiger partial charge in [-0.15, -0.1) is 0 Å². The Kier molecular flexibility index (Phi) is 3.76. The summed E-state index contributed by atoms with van der Waals surface area (Å²) < 4.78 is -0.587. The Hall–Kier alpha value is -0.580. The van der Waals surface area contributed by atoms with Crippen LogP contribution in [0.1, 0.15) is 20.3 Å². The highest BCUT2D eigenvalue weighted by molar-refractivity contribution is 9.10. The average molecular weight is 277 g/mol. The first-order chi connectivity index (χ1) is 6.82. The molecule has 0 atom stereocenters. The molecule has 1 aliphatic heterocycles. The van der Waals surface area contributed by atoms with Crippen molar-refractivity contribution in [3.63, 3.8) is 0 Å². The van der Waals surface area contributed by atoms with Crippen molar-refractivity contribution in [3.05, 3.63) is 0 Å². The van der Waals surface area contributed by atoms with Crippen molar-refractivity contribution in [2.75, 3.05) is 26.7 Å². The summed E-state index contributed by atoms with van der Waals surface area (Å²) in [6, 6.07) is 0. The molecule has 5 heteroatoms. The van der Waals surface area contributed by atoms with E-state index in [1.54, 1.807) is 30.7 Å². The SMILES string of the molecule is CN1CCCN(C(=O)C(C)(C)Br)CC1=O. The predicted molar refractivity (Wildman–Crippen MR) is 61.8 cm³/mol. The second-order valence-corrected chi connectivity index (χ2v) is 6.35. The first-order valence-corrected chi connectivity index (χ1v) is 5.84. The van der Waals surface area contributed by atoms with E-state index in [1.807, 2.05) is 0 Å². The van der Waals surface area contributed by atoms with Crippen LogP contribution in [-0.2, 0) is 9.59 Å². The maximum absolute atomic E-state index is 11.9. The molecule has 1 saturated heterocycles. The zero-order chi connectivity index (χ0) is 11.6. The van der Waals surface area contributed by atoms with E-state index in [0.717, 1.165) is 13.0 Å². The minimum absolute atomic E-state index is 0.0117. The smallest absolute Gasteiger partial charge is 0.241 e. The Balaban J connectivity index is 2.71. The van der Waals surface area contributed by atoms with Crippen LogP contribution in [0.3, 0.4) is 0 Å². The van der Waals surface area contributed by atoms with Crippen LogP contribution in [0.2, 0.25) is 0 Å². The van der Waals surface area contributed by atoms with Gasteiger partial charge in [-0.3, -0.25) is 9.59 Å². The van der Waals surface area contributed by atoms with Gasteiger partial charge < -0.3 is 9.80 Å². The summed E-state index contributed by atoms with van der Waals surface area (Å²) in [5.74, 6) is -0.0104. The van der Waals surface area contributed by atoms with Gasteiger partial charge in [-0.25, -0.2) is 0 Å². The molecule has 0 unspecified atom stereocenters. The Morgan fingerprint density at radius 2 is 2.00 bits per heavy atom. The van der Waals surface area contributed by atoms with Crippen molar-refractivity contribution in [1.82, 2.24) is 9.80 Å². The molecule has 4 nitrogen and oxygen atoms in total. The molecule has 0 N–H and O–H groups in total. The largest absolute Gasteiger partial charge is 0.344 e. The van der Waals surface area contributed by atoms with Gasteiger partial charge in [0, 0.05) is 20.1 Å². The lowest BCUT2D eigenvalue weighted by atomic mass is 10.2. The third-order valence-corrected chi connectivity index (χ3v) is 2.81. The van der Waals surface area contributed by atoms with Crippen LogP contribution in [0.4, 0.5) is 0 Å². The van der Waals surface area contributed by atoms with E-state index in [0.29, 0.717) is 6.54 Å². The molecule has 0 bridgehead atoms. The molecule has 1 fully saturated rings. The molecule has 0 spiro atoms. The van der Waals surface area contributed by atoms with Gasteiger partial charge in [0.25, 0.3) is 0 Å². The standard InChI is InChI=1S/C10H17BrN2O2/c1-10(2,11)9(15)13-6-4-5-12(3)8(14)7-13/h4-7H2,1-3H3. The molecule has 86 valence electrons. The lowest BCUT2D eigenvalue weighted by molar-refractivity contribution is -0.138. The molecule has 2 amide bonds. The minimum Gasteiger partial charge on any atom is -0.344 e. The fourth-order valence-corrected chi connectivity index (χ4v) is 1.79. The molecule has 0 radical (unpaired) electrons. The molecule has 0 aromatic heterocycles. The van der Waals surface area contributed by atoms with Crippen LogP contribution in [0.5, 0.6) is 0 Å². The van der Waals surface area contributed by atoms with E-state index in [1.165, 1.54) is 0 Å². The normalized spacial score (nSPS) is 19.1. The summed E-state index contributed by atoms with van der Waals surface area (Å²) in [5, 5.41) is 0. The average Bonchev–Trinajstić information content (AvgIpc) is 2.27. The van der Waals surface area contributed by atoms with Crippen LogP contribution >= 0.6 is 15.9 Å². The molecule has 15 heavy (non-hydrogen) atoms. The number of carbonyl (C=O) groups is 2. The molecule has 0 aliphatic carbocycles. The summed E-state index contributed by atoms with van der Waals surface area (Å²) in [4.78, 5) is 26.8. The number of halogens is 1. The van der Waals surface area contributed by atoms with Crippen molar-refractivity contribution in [2.24, 2.45) is 0 Å². The highest BCUT2D eigenvalue weighted by Gasteiger charge is 2.31. The molecule has 0 aromatic carbocycles. The van der Waals surface area contributed by atoms with Crippen molar-refractivity contribution < 1.29 is 9.59 Å².